The molecule has 1 aromatic heterocycles. The van der Waals surface area contributed by atoms with Crippen LogP contribution in [0.2, 0.25) is 0 Å². The number of rotatable bonds is 6. The Bertz CT molecular complexity index is 571. The number of hydrogen-bond acceptors (Lipinski definition) is 6. The Morgan fingerprint density at radius 1 is 1.35 bits per heavy atom. The molecular formula is C15H23N3O5. The maximum Gasteiger partial charge on any atom is 0.276 e. The summed E-state index contributed by atoms with van der Waals surface area (Å²) in [6.07, 6.45) is 0. The second-order valence-electron chi connectivity index (χ2n) is 5.65. The smallest absolute Gasteiger partial charge is 0.276 e. The Labute approximate surface area is 135 Å². The van der Waals surface area contributed by atoms with Crippen LogP contribution < -0.4 is 5.32 Å². The van der Waals surface area contributed by atoms with Crippen LogP contribution >= 0.6 is 0 Å². The number of hydrogen-bond donors (Lipinski definition) is 1. The van der Waals surface area contributed by atoms with E-state index in [0.29, 0.717) is 31.0 Å². The lowest BCUT2D eigenvalue weighted by Crippen LogP contribution is -2.34. The van der Waals surface area contributed by atoms with Crippen molar-refractivity contribution in [3.8, 4) is 0 Å². The molecule has 0 bridgehead atoms. The van der Waals surface area contributed by atoms with Crippen molar-refractivity contribution in [1.29, 1.82) is 0 Å². The van der Waals surface area contributed by atoms with Gasteiger partial charge < -0.3 is 24.2 Å². The Kier molecular flexibility index (Phi) is 5.73. The first-order valence-corrected chi connectivity index (χ1v) is 7.47. The molecule has 128 valence electrons. The number of nitrogens with zero attached hydrogens (tertiary/aromatic N) is 2. The van der Waals surface area contributed by atoms with E-state index >= 15 is 0 Å². The van der Waals surface area contributed by atoms with Crippen molar-refractivity contribution in [2.75, 3.05) is 41.0 Å². The zero-order valence-corrected chi connectivity index (χ0v) is 13.9. The van der Waals surface area contributed by atoms with Crippen molar-refractivity contribution < 1.29 is 23.6 Å². The number of carbonyl (C=O) groups is 2. The highest BCUT2D eigenvalue weighted by Crippen LogP contribution is 2.26. The standard InChI is InChI=1S/C15H23N3O5/c1-9-12(8-22-4)13(17-23-9)15(20)18-5-10(7-21-3)11(6-18)14(19)16-2/h10-11H,5-8H2,1-4H3,(H,16,19)/t10-,11+/m0/s1. The minimum absolute atomic E-state index is 0.0391. The van der Waals surface area contributed by atoms with Gasteiger partial charge in [0.05, 0.1) is 24.7 Å². The van der Waals surface area contributed by atoms with E-state index in [1.807, 2.05) is 0 Å². The van der Waals surface area contributed by atoms with Crippen molar-refractivity contribution in [3.05, 3.63) is 17.0 Å². The summed E-state index contributed by atoms with van der Waals surface area (Å²) in [7, 11) is 4.73. The quantitative estimate of drug-likeness (QED) is 0.803. The highest BCUT2D eigenvalue weighted by molar-refractivity contribution is 5.94. The molecule has 0 aromatic carbocycles. The van der Waals surface area contributed by atoms with Crippen LogP contribution in [0.3, 0.4) is 0 Å². The molecule has 0 saturated carbocycles. The first-order valence-electron chi connectivity index (χ1n) is 7.47. The summed E-state index contributed by atoms with van der Waals surface area (Å²) in [5.74, 6) is -0.103. The van der Waals surface area contributed by atoms with Gasteiger partial charge in [-0.05, 0) is 6.92 Å². The molecule has 1 N–H and O–H groups in total. The average Bonchev–Trinajstić information content (AvgIpc) is 3.12. The molecule has 23 heavy (non-hydrogen) atoms. The molecule has 8 heteroatoms. The van der Waals surface area contributed by atoms with Crippen LogP contribution in [0.25, 0.3) is 0 Å². The van der Waals surface area contributed by atoms with Gasteiger partial charge >= 0.3 is 0 Å². The lowest BCUT2D eigenvalue weighted by molar-refractivity contribution is -0.125. The van der Waals surface area contributed by atoms with Crippen LogP contribution in [-0.2, 0) is 20.9 Å². The van der Waals surface area contributed by atoms with Gasteiger partial charge in [0.2, 0.25) is 5.91 Å². The monoisotopic (exact) mass is 325 g/mol. The van der Waals surface area contributed by atoms with E-state index in [2.05, 4.69) is 10.5 Å². The summed E-state index contributed by atoms with van der Waals surface area (Å²) in [4.78, 5) is 26.4. The summed E-state index contributed by atoms with van der Waals surface area (Å²) in [5, 5.41) is 6.51. The largest absolute Gasteiger partial charge is 0.384 e. The van der Waals surface area contributed by atoms with E-state index in [1.54, 1.807) is 33.1 Å². The SMILES string of the molecule is CNC(=O)[C@@H]1CN(C(=O)c2noc(C)c2COC)C[C@H]1COC. The van der Waals surface area contributed by atoms with Crippen LogP contribution in [0.5, 0.6) is 0 Å². The molecule has 0 aliphatic carbocycles. The summed E-state index contributed by atoms with van der Waals surface area (Å²) in [6.45, 7) is 3.20. The summed E-state index contributed by atoms with van der Waals surface area (Å²) in [5.41, 5.74) is 0.891. The molecule has 1 fully saturated rings. The normalized spacial score (nSPS) is 20.8. The minimum atomic E-state index is -0.289. The third-order valence-electron chi connectivity index (χ3n) is 4.17. The maximum atomic E-state index is 12.7. The minimum Gasteiger partial charge on any atom is -0.384 e. The maximum absolute atomic E-state index is 12.7. The van der Waals surface area contributed by atoms with Gasteiger partial charge in [0.15, 0.2) is 5.69 Å². The predicted octanol–water partition coefficient (Wildman–Crippen LogP) is 0.210. The second-order valence-corrected chi connectivity index (χ2v) is 5.65. The zero-order chi connectivity index (χ0) is 17.0. The lowest BCUT2D eigenvalue weighted by Gasteiger charge is -2.15. The Morgan fingerprint density at radius 2 is 2.09 bits per heavy atom. The summed E-state index contributed by atoms with van der Waals surface area (Å²) < 4.78 is 15.4. The van der Waals surface area contributed by atoms with E-state index in [1.165, 1.54) is 0 Å². The van der Waals surface area contributed by atoms with Crippen LogP contribution in [-0.4, -0.2) is 62.8 Å². The average molecular weight is 325 g/mol. The van der Waals surface area contributed by atoms with Crippen molar-refractivity contribution in [2.24, 2.45) is 11.8 Å². The number of methoxy groups -OCH3 is 2. The fourth-order valence-electron chi connectivity index (χ4n) is 2.93. The molecule has 2 rings (SSSR count). The molecule has 1 aromatic rings. The zero-order valence-electron chi connectivity index (χ0n) is 13.9. The molecule has 0 radical (unpaired) electrons. The molecular weight excluding hydrogens is 302 g/mol. The van der Waals surface area contributed by atoms with E-state index in [4.69, 9.17) is 14.0 Å². The first-order chi connectivity index (χ1) is 11.0. The number of carbonyl (C=O) groups excluding carboxylic acids is 2. The third kappa shape index (κ3) is 3.53. The lowest BCUT2D eigenvalue weighted by atomic mass is 9.96. The van der Waals surface area contributed by atoms with Crippen molar-refractivity contribution in [3.63, 3.8) is 0 Å². The molecule has 0 spiro atoms. The molecule has 1 saturated heterocycles. The number of amides is 2. The predicted molar refractivity (Wildman–Crippen MR) is 80.8 cm³/mol. The Balaban J connectivity index is 2.18. The fraction of sp³-hybridized carbons (Fsp3) is 0.667. The van der Waals surface area contributed by atoms with Crippen molar-refractivity contribution >= 4 is 11.8 Å². The third-order valence-corrected chi connectivity index (χ3v) is 4.17. The number of nitrogens with one attached hydrogen (secondary N) is 1. The second kappa shape index (κ2) is 7.56. The van der Waals surface area contributed by atoms with Gasteiger partial charge in [-0.2, -0.15) is 0 Å². The molecule has 2 amide bonds. The van der Waals surface area contributed by atoms with Crippen LogP contribution in [0.1, 0.15) is 21.8 Å². The number of ether oxygens (including phenoxy) is 2. The van der Waals surface area contributed by atoms with Crippen LogP contribution in [0.4, 0.5) is 0 Å². The van der Waals surface area contributed by atoms with Gasteiger partial charge in [-0.3, -0.25) is 9.59 Å². The van der Waals surface area contributed by atoms with E-state index in [0.717, 1.165) is 0 Å². The molecule has 1 aliphatic rings. The molecule has 2 atom stereocenters. The molecule has 8 nitrogen and oxygen atoms in total. The highest BCUT2D eigenvalue weighted by Gasteiger charge is 2.40. The number of likely N-dealkylation sites (tertiary alicyclic amines) is 1. The number of aryl methyl sites for hydroxylation is 1. The molecule has 0 unspecified atom stereocenters. The van der Waals surface area contributed by atoms with Crippen molar-refractivity contribution in [1.82, 2.24) is 15.4 Å². The van der Waals surface area contributed by atoms with Crippen LogP contribution in [0.15, 0.2) is 4.52 Å². The summed E-state index contributed by atoms with van der Waals surface area (Å²) >= 11 is 0. The first kappa shape index (κ1) is 17.4. The van der Waals surface area contributed by atoms with Crippen molar-refractivity contribution in [2.45, 2.75) is 13.5 Å². The highest BCUT2D eigenvalue weighted by atomic mass is 16.5. The summed E-state index contributed by atoms with van der Waals surface area (Å²) in [6, 6.07) is 0. The molecule has 1 aliphatic heterocycles. The van der Waals surface area contributed by atoms with Gasteiger partial charge in [-0.1, -0.05) is 5.16 Å². The Hall–Kier alpha value is -1.93. The van der Waals surface area contributed by atoms with Gasteiger partial charge in [0.25, 0.3) is 5.91 Å². The number of aromatic nitrogens is 1. The molecule has 2 heterocycles. The van der Waals surface area contributed by atoms with E-state index < -0.39 is 0 Å². The van der Waals surface area contributed by atoms with Gasteiger partial charge in [-0.25, -0.2) is 0 Å². The van der Waals surface area contributed by atoms with Gasteiger partial charge in [0, 0.05) is 40.3 Å². The Morgan fingerprint density at radius 3 is 2.70 bits per heavy atom. The van der Waals surface area contributed by atoms with Gasteiger partial charge in [-0.15, -0.1) is 0 Å². The fourth-order valence-corrected chi connectivity index (χ4v) is 2.93. The topological polar surface area (TPSA) is 93.9 Å². The van der Waals surface area contributed by atoms with Gasteiger partial charge in [0.1, 0.15) is 5.76 Å². The van der Waals surface area contributed by atoms with E-state index in [-0.39, 0.29) is 36.0 Å². The van der Waals surface area contributed by atoms with E-state index in [9.17, 15) is 9.59 Å². The van der Waals surface area contributed by atoms with Crippen LogP contribution in [0, 0.1) is 18.8 Å².